The number of hydrogen-bond acceptors (Lipinski definition) is 5. The summed E-state index contributed by atoms with van der Waals surface area (Å²) in [6.45, 7) is 11.8. The third kappa shape index (κ3) is 5.12. The molecule has 0 aliphatic carbocycles. The summed E-state index contributed by atoms with van der Waals surface area (Å²) >= 11 is 1.05. The Morgan fingerprint density at radius 3 is 2.44 bits per heavy atom. The Morgan fingerprint density at radius 1 is 1.36 bits per heavy atom. The number of aliphatic carboxylic acids is 1. The van der Waals surface area contributed by atoms with Crippen molar-refractivity contribution in [1.82, 2.24) is 4.57 Å². The van der Waals surface area contributed by atoms with Gasteiger partial charge in [-0.05, 0) is 46.8 Å². The maximum absolute atomic E-state index is 12.8. The van der Waals surface area contributed by atoms with Crippen molar-refractivity contribution < 1.29 is 19.4 Å². The van der Waals surface area contributed by atoms with Crippen LogP contribution in [0.5, 0.6) is 0 Å². The first kappa shape index (κ1) is 20.8. The van der Waals surface area contributed by atoms with Crippen molar-refractivity contribution in [3.05, 3.63) is 40.8 Å². The number of ether oxygens (including phenoxy) is 1. The standard InChI is InChI=1S/C17H24N2O5S/c1-7-10-25-17(6,14(21)22)19-11(2)8-9-12(13(19)20)18-15(23)24-16(3,4)5/h7-9H,1,10H2,2-6H3,(H,18,23)(H,21,22)/t17-/m1/s1. The molecule has 0 aromatic carbocycles. The van der Waals surface area contributed by atoms with Gasteiger partial charge in [0.2, 0.25) is 0 Å². The van der Waals surface area contributed by atoms with E-state index in [1.807, 2.05) is 0 Å². The monoisotopic (exact) mass is 368 g/mol. The van der Waals surface area contributed by atoms with Crippen molar-refractivity contribution in [2.24, 2.45) is 0 Å². The van der Waals surface area contributed by atoms with Gasteiger partial charge >= 0.3 is 12.1 Å². The van der Waals surface area contributed by atoms with Crippen LogP contribution in [-0.2, 0) is 14.4 Å². The van der Waals surface area contributed by atoms with Crippen LogP contribution >= 0.6 is 11.8 Å². The maximum Gasteiger partial charge on any atom is 0.412 e. The fraction of sp³-hybridized carbons (Fsp3) is 0.471. The van der Waals surface area contributed by atoms with Gasteiger partial charge in [-0.3, -0.25) is 14.7 Å². The Bertz CT molecular complexity index is 736. The zero-order valence-electron chi connectivity index (χ0n) is 15.1. The van der Waals surface area contributed by atoms with Crippen molar-refractivity contribution in [3.63, 3.8) is 0 Å². The molecule has 8 heteroatoms. The van der Waals surface area contributed by atoms with Gasteiger partial charge in [0.1, 0.15) is 11.3 Å². The van der Waals surface area contributed by atoms with Gasteiger partial charge in [0, 0.05) is 11.4 Å². The molecular formula is C17H24N2O5S. The highest BCUT2D eigenvalue weighted by molar-refractivity contribution is 8.00. The van der Waals surface area contributed by atoms with Gasteiger partial charge in [-0.1, -0.05) is 6.08 Å². The van der Waals surface area contributed by atoms with Crippen LogP contribution in [0, 0.1) is 6.92 Å². The van der Waals surface area contributed by atoms with E-state index in [0.29, 0.717) is 11.4 Å². The Balaban J connectivity index is 3.34. The summed E-state index contributed by atoms with van der Waals surface area (Å²) in [7, 11) is 0. The van der Waals surface area contributed by atoms with Gasteiger partial charge in [0.25, 0.3) is 5.56 Å². The number of carboxylic acids is 1. The molecule has 0 aliphatic rings. The van der Waals surface area contributed by atoms with E-state index in [9.17, 15) is 19.5 Å². The predicted molar refractivity (Wildman–Crippen MR) is 99.2 cm³/mol. The van der Waals surface area contributed by atoms with Gasteiger partial charge in [-0.15, -0.1) is 18.3 Å². The lowest BCUT2D eigenvalue weighted by atomic mass is 10.2. The van der Waals surface area contributed by atoms with Gasteiger partial charge in [-0.2, -0.15) is 0 Å². The average Bonchev–Trinajstić information content (AvgIpc) is 2.46. The average molecular weight is 368 g/mol. The largest absolute Gasteiger partial charge is 0.479 e. The van der Waals surface area contributed by atoms with Crippen LogP contribution < -0.4 is 10.9 Å². The normalized spacial score (nSPS) is 13.6. The molecule has 25 heavy (non-hydrogen) atoms. The van der Waals surface area contributed by atoms with Gasteiger partial charge in [0.05, 0.1) is 0 Å². The second-order valence-corrected chi connectivity index (χ2v) is 7.96. The number of aryl methyl sites for hydroxylation is 1. The van der Waals surface area contributed by atoms with Crippen LogP contribution in [0.4, 0.5) is 10.5 Å². The first-order chi connectivity index (χ1) is 11.4. The van der Waals surface area contributed by atoms with Crippen molar-refractivity contribution >= 4 is 29.5 Å². The first-order valence-corrected chi connectivity index (χ1v) is 8.62. The Hall–Kier alpha value is -2.22. The van der Waals surface area contributed by atoms with Gasteiger partial charge in [0.15, 0.2) is 4.87 Å². The summed E-state index contributed by atoms with van der Waals surface area (Å²) in [5.74, 6) is -0.822. The van der Waals surface area contributed by atoms with E-state index < -0.39 is 28.1 Å². The van der Waals surface area contributed by atoms with E-state index in [2.05, 4.69) is 11.9 Å². The molecule has 0 aliphatic heterocycles. The first-order valence-electron chi connectivity index (χ1n) is 7.64. The molecule has 1 heterocycles. The Labute approximate surface area is 151 Å². The highest BCUT2D eigenvalue weighted by atomic mass is 32.2. The lowest BCUT2D eigenvalue weighted by molar-refractivity contribution is -0.142. The zero-order chi connectivity index (χ0) is 19.4. The fourth-order valence-electron chi connectivity index (χ4n) is 2.11. The second-order valence-electron chi connectivity index (χ2n) is 6.54. The van der Waals surface area contributed by atoms with Crippen molar-refractivity contribution in [3.8, 4) is 0 Å². The number of anilines is 1. The molecule has 138 valence electrons. The zero-order valence-corrected chi connectivity index (χ0v) is 15.9. The summed E-state index contributed by atoms with van der Waals surface area (Å²) in [5.41, 5.74) is -0.927. The van der Waals surface area contributed by atoms with Crippen LogP contribution in [0.3, 0.4) is 0 Å². The molecule has 1 aromatic heterocycles. The number of carboxylic acid groups (broad SMARTS) is 1. The smallest absolute Gasteiger partial charge is 0.412 e. The van der Waals surface area contributed by atoms with Crippen LogP contribution in [-0.4, -0.2) is 33.1 Å². The lowest BCUT2D eigenvalue weighted by Gasteiger charge is -2.29. The predicted octanol–water partition coefficient (Wildman–Crippen LogP) is 3.18. The number of rotatable bonds is 6. The van der Waals surface area contributed by atoms with Crippen LogP contribution in [0.1, 0.15) is 33.4 Å². The third-order valence-corrected chi connectivity index (χ3v) is 4.54. The SMILES string of the molecule is C=CCS[C@](C)(C(=O)O)n1c(C)ccc(NC(=O)OC(C)(C)C)c1=O. The molecule has 0 bridgehead atoms. The lowest BCUT2D eigenvalue weighted by Crippen LogP contribution is -2.44. The Kier molecular flexibility index (Phi) is 6.48. The number of carbonyl (C=O) groups excluding carboxylic acids is 1. The highest BCUT2D eigenvalue weighted by Gasteiger charge is 2.38. The molecule has 0 spiro atoms. The molecule has 1 aromatic rings. The van der Waals surface area contributed by atoms with Crippen LogP contribution in [0.15, 0.2) is 29.6 Å². The second kappa shape index (κ2) is 7.77. The molecule has 0 unspecified atom stereocenters. The number of nitrogens with zero attached hydrogens (tertiary/aromatic N) is 1. The number of amides is 1. The molecule has 0 fully saturated rings. The number of aromatic nitrogens is 1. The number of nitrogens with one attached hydrogen (secondary N) is 1. The summed E-state index contributed by atoms with van der Waals surface area (Å²) in [6, 6.07) is 3.00. The molecule has 1 rings (SSSR count). The summed E-state index contributed by atoms with van der Waals surface area (Å²) in [4.78, 5) is 35.0. The molecule has 0 saturated carbocycles. The van der Waals surface area contributed by atoms with E-state index in [0.717, 1.165) is 16.3 Å². The highest BCUT2D eigenvalue weighted by Crippen LogP contribution is 2.31. The Morgan fingerprint density at radius 2 is 1.96 bits per heavy atom. The van der Waals surface area contributed by atoms with Crippen LogP contribution in [0.2, 0.25) is 0 Å². The molecule has 0 saturated heterocycles. The molecule has 0 radical (unpaired) electrons. The molecular weight excluding hydrogens is 344 g/mol. The number of pyridine rings is 1. The molecule has 1 atom stereocenters. The summed E-state index contributed by atoms with van der Waals surface area (Å²) in [5, 5.41) is 12.0. The van der Waals surface area contributed by atoms with Crippen molar-refractivity contribution in [2.75, 3.05) is 11.1 Å². The molecule has 1 amide bonds. The van der Waals surface area contributed by atoms with E-state index in [1.165, 1.54) is 13.0 Å². The topological polar surface area (TPSA) is 97.6 Å². The molecule has 7 nitrogen and oxygen atoms in total. The number of carbonyl (C=O) groups is 2. The number of hydrogen-bond donors (Lipinski definition) is 2. The fourth-order valence-corrected chi connectivity index (χ4v) is 3.03. The van der Waals surface area contributed by atoms with Crippen LogP contribution in [0.25, 0.3) is 0 Å². The van der Waals surface area contributed by atoms with Gasteiger partial charge in [-0.25, -0.2) is 9.59 Å². The minimum absolute atomic E-state index is 0.0495. The number of thioether (sulfide) groups is 1. The van der Waals surface area contributed by atoms with E-state index in [-0.39, 0.29) is 5.69 Å². The van der Waals surface area contributed by atoms with Crippen molar-refractivity contribution in [2.45, 2.75) is 45.1 Å². The van der Waals surface area contributed by atoms with E-state index in [1.54, 1.807) is 39.8 Å². The van der Waals surface area contributed by atoms with Gasteiger partial charge < -0.3 is 9.84 Å². The summed E-state index contributed by atoms with van der Waals surface area (Å²) in [6.07, 6.45) is 0.783. The molecule has 2 N–H and O–H groups in total. The van der Waals surface area contributed by atoms with E-state index >= 15 is 0 Å². The summed E-state index contributed by atoms with van der Waals surface area (Å²) < 4.78 is 6.28. The minimum Gasteiger partial charge on any atom is -0.479 e. The maximum atomic E-state index is 12.8. The quantitative estimate of drug-likeness (QED) is 0.749. The minimum atomic E-state index is -1.54. The van der Waals surface area contributed by atoms with Crippen molar-refractivity contribution in [1.29, 1.82) is 0 Å². The van der Waals surface area contributed by atoms with E-state index in [4.69, 9.17) is 4.74 Å². The third-order valence-electron chi connectivity index (χ3n) is 3.22.